The van der Waals surface area contributed by atoms with Crippen LogP contribution in [0.3, 0.4) is 0 Å². The zero-order valence-electron chi connectivity index (χ0n) is 31.5. The Balaban J connectivity index is 2.52. The number of rotatable bonds is 13. The number of carbonyl (C=O) groups is 3. The van der Waals surface area contributed by atoms with E-state index in [-0.39, 0.29) is 46.7 Å². The molecule has 1 saturated heterocycles. The van der Waals surface area contributed by atoms with Crippen molar-refractivity contribution in [3.63, 3.8) is 0 Å². The Morgan fingerprint density at radius 2 is 1.52 bits per heavy atom. The predicted molar refractivity (Wildman–Crippen MR) is 192 cm³/mol. The van der Waals surface area contributed by atoms with Crippen LogP contribution >= 0.6 is 0 Å². The minimum atomic E-state index is -0.719. The van der Waals surface area contributed by atoms with Crippen LogP contribution in [0.4, 0.5) is 4.79 Å². The molecule has 7 nitrogen and oxygen atoms in total. The van der Waals surface area contributed by atoms with Gasteiger partial charge in [0, 0.05) is 12.6 Å². The number of nitrogens with one attached hydrogen (secondary N) is 3. The van der Waals surface area contributed by atoms with Crippen molar-refractivity contribution in [1.82, 2.24) is 20.9 Å². The van der Waals surface area contributed by atoms with E-state index in [0.717, 1.165) is 81.8 Å². The summed E-state index contributed by atoms with van der Waals surface area (Å²) in [4.78, 5) is 44.9. The van der Waals surface area contributed by atoms with Crippen LogP contribution in [-0.4, -0.2) is 53.5 Å². The van der Waals surface area contributed by atoms with Gasteiger partial charge in [0.15, 0.2) is 0 Å². The van der Waals surface area contributed by atoms with Gasteiger partial charge in [-0.1, -0.05) is 126 Å². The number of amides is 4. The molecule has 0 aromatic carbocycles. The maximum Gasteiger partial charge on any atom is 0.315 e. The van der Waals surface area contributed by atoms with Crippen molar-refractivity contribution in [3.05, 3.63) is 24.3 Å². The molecule has 7 heteroatoms. The van der Waals surface area contributed by atoms with Crippen molar-refractivity contribution in [2.75, 3.05) is 6.54 Å². The van der Waals surface area contributed by atoms with E-state index in [4.69, 9.17) is 0 Å². The van der Waals surface area contributed by atoms with Gasteiger partial charge in [-0.3, -0.25) is 9.59 Å². The van der Waals surface area contributed by atoms with Crippen LogP contribution in [0.5, 0.6) is 0 Å². The Kier molecular flexibility index (Phi) is 14.5. The largest absolute Gasteiger partial charge is 0.348 e. The molecule has 4 amide bonds. The Bertz CT molecular complexity index is 1060. The Morgan fingerprint density at radius 1 is 0.935 bits per heavy atom. The Labute approximate surface area is 282 Å². The summed E-state index contributed by atoms with van der Waals surface area (Å²) in [5.41, 5.74) is 0.979. The molecule has 1 aliphatic carbocycles. The molecule has 2 fully saturated rings. The van der Waals surface area contributed by atoms with Crippen molar-refractivity contribution in [2.45, 2.75) is 171 Å². The summed E-state index contributed by atoms with van der Waals surface area (Å²) < 4.78 is 0. The van der Waals surface area contributed by atoms with E-state index in [1.165, 1.54) is 0 Å². The van der Waals surface area contributed by atoms with Gasteiger partial charge in [0.2, 0.25) is 11.8 Å². The molecule has 5 unspecified atom stereocenters. The summed E-state index contributed by atoms with van der Waals surface area (Å²) in [6.07, 6.45) is 10.4. The minimum absolute atomic E-state index is 0.0189. The van der Waals surface area contributed by atoms with Gasteiger partial charge in [-0.25, -0.2) is 4.79 Å². The first-order valence-corrected chi connectivity index (χ1v) is 18.3. The van der Waals surface area contributed by atoms with Gasteiger partial charge in [0.25, 0.3) is 0 Å². The lowest BCUT2D eigenvalue weighted by molar-refractivity contribution is -0.144. The van der Waals surface area contributed by atoms with Crippen LogP contribution in [0, 0.1) is 28.1 Å². The fraction of sp³-hybridized carbons (Fsp3) is 0.821. The lowest BCUT2D eigenvalue weighted by Crippen LogP contribution is -2.62. The zero-order valence-corrected chi connectivity index (χ0v) is 31.5. The molecule has 46 heavy (non-hydrogen) atoms. The number of hydrogen-bond donors (Lipinski definition) is 3. The van der Waals surface area contributed by atoms with Crippen LogP contribution in [0.1, 0.15) is 147 Å². The molecule has 0 aromatic heterocycles. The Hall–Kier alpha value is -2.31. The van der Waals surface area contributed by atoms with Crippen LogP contribution in [0.15, 0.2) is 24.3 Å². The van der Waals surface area contributed by atoms with Crippen LogP contribution in [-0.2, 0) is 9.59 Å². The highest BCUT2D eigenvalue weighted by Crippen LogP contribution is 2.43. The zero-order chi connectivity index (χ0) is 35.0. The van der Waals surface area contributed by atoms with Crippen molar-refractivity contribution < 1.29 is 14.4 Å². The second-order valence-electron chi connectivity index (χ2n) is 17.2. The summed E-state index contributed by atoms with van der Waals surface area (Å²) >= 11 is 0. The molecule has 2 aliphatic rings. The number of hydrogen-bond acceptors (Lipinski definition) is 3. The topological polar surface area (TPSA) is 90.5 Å². The molecule has 0 bridgehead atoms. The van der Waals surface area contributed by atoms with E-state index >= 15 is 0 Å². The molecule has 6 atom stereocenters. The van der Waals surface area contributed by atoms with Crippen LogP contribution in [0.2, 0.25) is 0 Å². The number of likely N-dealkylation sites (tertiary alicyclic amines) is 1. The van der Waals surface area contributed by atoms with E-state index in [0.29, 0.717) is 12.5 Å². The van der Waals surface area contributed by atoms with E-state index in [1.807, 2.05) is 11.8 Å². The van der Waals surface area contributed by atoms with Gasteiger partial charge in [-0.2, -0.15) is 0 Å². The summed E-state index contributed by atoms with van der Waals surface area (Å²) in [6, 6.07) is -1.91. The first kappa shape index (κ1) is 39.9. The molecule has 0 spiro atoms. The van der Waals surface area contributed by atoms with Crippen LogP contribution < -0.4 is 16.0 Å². The molecule has 3 N–H and O–H groups in total. The van der Waals surface area contributed by atoms with Gasteiger partial charge >= 0.3 is 6.03 Å². The Morgan fingerprint density at radius 3 is 2.00 bits per heavy atom. The maximum atomic E-state index is 14.9. The number of urea groups is 1. The van der Waals surface area contributed by atoms with Crippen molar-refractivity contribution in [1.29, 1.82) is 0 Å². The first-order valence-electron chi connectivity index (χ1n) is 18.3. The molecule has 1 heterocycles. The molecular formula is C39H70N4O3. The van der Waals surface area contributed by atoms with E-state index < -0.39 is 17.5 Å². The lowest BCUT2D eigenvalue weighted by Gasteiger charge is -2.42. The maximum absolute atomic E-state index is 14.9. The van der Waals surface area contributed by atoms with Crippen LogP contribution in [0.25, 0.3) is 0 Å². The van der Waals surface area contributed by atoms with Gasteiger partial charge in [0.05, 0.1) is 6.04 Å². The third-order valence-corrected chi connectivity index (χ3v) is 11.1. The van der Waals surface area contributed by atoms with E-state index in [9.17, 15) is 14.4 Å². The molecule has 1 aliphatic heterocycles. The van der Waals surface area contributed by atoms with Crippen molar-refractivity contribution in [2.24, 2.45) is 28.1 Å². The SMILES string of the molecule is C=C(C)C(=C)C(CC(C)CC)NC(=O)C1[C@@H](C(C)(C)C)CCN1C(=O)C(NC(=O)NC(CCC)C(C)(C)C)C1(C)CCCCCC1. The van der Waals surface area contributed by atoms with Crippen molar-refractivity contribution >= 4 is 17.8 Å². The number of carbonyl (C=O) groups excluding carboxylic acids is 3. The summed E-state index contributed by atoms with van der Waals surface area (Å²) in [5.74, 6) is 0.107. The van der Waals surface area contributed by atoms with E-state index in [2.05, 4.69) is 98.3 Å². The standard InChI is InChI=1S/C39H70N4O3/c1-14-20-31(38(10,11)12)41-36(46)42-33(39(13)22-18-16-17-19-23-39)35(45)43-24-21-29(37(7,8)9)32(43)34(44)40-30(25-27(5)15-2)28(6)26(3)4/h27,29-33H,3,6,14-25H2,1-2,4-5,7-13H3,(H,40,44)(H2,41,42,46)/t27?,29-,30?,31?,32?,33?/m0/s1. The van der Waals surface area contributed by atoms with Gasteiger partial charge in [-0.05, 0) is 72.7 Å². The molecule has 0 aromatic rings. The third kappa shape index (κ3) is 10.6. The summed E-state index contributed by atoms with van der Waals surface area (Å²) in [6.45, 7) is 32.4. The quantitative estimate of drug-likeness (QED) is 0.139. The molecule has 2 rings (SSSR count). The highest BCUT2D eigenvalue weighted by Gasteiger charge is 2.51. The monoisotopic (exact) mass is 643 g/mol. The van der Waals surface area contributed by atoms with E-state index in [1.54, 1.807) is 0 Å². The molecule has 0 radical (unpaired) electrons. The van der Waals surface area contributed by atoms with Gasteiger partial charge in [0.1, 0.15) is 12.1 Å². The second-order valence-corrected chi connectivity index (χ2v) is 17.2. The van der Waals surface area contributed by atoms with Gasteiger partial charge in [-0.15, -0.1) is 0 Å². The predicted octanol–water partition coefficient (Wildman–Crippen LogP) is 8.55. The highest BCUT2D eigenvalue weighted by atomic mass is 16.2. The molecule has 1 saturated carbocycles. The third-order valence-electron chi connectivity index (χ3n) is 11.1. The van der Waals surface area contributed by atoms with Gasteiger partial charge < -0.3 is 20.9 Å². The normalized spacial score (nSPS) is 23.0. The first-order chi connectivity index (χ1) is 21.3. The average Bonchev–Trinajstić information content (AvgIpc) is 3.30. The lowest BCUT2D eigenvalue weighted by atomic mass is 9.74. The smallest absolute Gasteiger partial charge is 0.315 e. The number of nitrogens with zero attached hydrogens (tertiary/aromatic N) is 1. The summed E-state index contributed by atoms with van der Waals surface area (Å²) in [7, 11) is 0. The van der Waals surface area contributed by atoms with Crippen molar-refractivity contribution in [3.8, 4) is 0 Å². The fourth-order valence-corrected chi connectivity index (χ4v) is 7.55. The highest BCUT2D eigenvalue weighted by molar-refractivity contribution is 5.93. The molecular weight excluding hydrogens is 572 g/mol. The fourth-order valence-electron chi connectivity index (χ4n) is 7.55. The summed E-state index contributed by atoms with van der Waals surface area (Å²) in [5, 5.41) is 9.78. The average molecular weight is 643 g/mol. The minimum Gasteiger partial charge on any atom is -0.348 e. The second kappa shape index (κ2) is 16.7. The molecule has 264 valence electrons.